The van der Waals surface area contributed by atoms with E-state index in [1.807, 2.05) is 29.8 Å². The van der Waals surface area contributed by atoms with Crippen molar-refractivity contribution in [3.05, 3.63) is 45.9 Å². The van der Waals surface area contributed by atoms with Gasteiger partial charge in [0.1, 0.15) is 11.0 Å². The van der Waals surface area contributed by atoms with Crippen molar-refractivity contribution in [1.29, 1.82) is 0 Å². The van der Waals surface area contributed by atoms with Gasteiger partial charge in [-0.3, -0.25) is 0 Å². The fraction of sp³-hybridized carbons (Fsp3) is 0.182. The molecule has 16 heavy (non-hydrogen) atoms. The molecule has 2 rings (SSSR count). The smallest absolute Gasteiger partial charge is 0.128 e. The molecule has 0 aliphatic rings. The van der Waals surface area contributed by atoms with Crippen LogP contribution in [0.3, 0.4) is 0 Å². The van der Waals surface area contributed by atoms with E-state index in [1.165, 1.54) is 4.90 Å². The maximum absolute atomic E-state index is 5.92. The third-order valence-electron chi connectivity index (χ3n) is 2.22. The van der Waals surface area contributed by atoms with E-state index >= 15 is 0 Å². The summed E-state index contributed by atoms with van der Waals surface area (Å²) in [5.41, 5.74) is 0. The molecule has 0 aliphatic heterocycles. The normalized spacial score (nSPS) is 10.7. The molecule has 1 heterocycles. The first-order valence-electron chi connectivity index (χ1n) is 4.72. The van der Waals surface area contributed by atoms with E-state index in [0.29, 0.717) is 5.15 Å². The number of benzene rings is 1. The molecule has 84 valence electrons. The predicted molar refractivity (Wildman–Crippen MR) is 71.9 cm³/mol. The summed E-state index contributed by atoms with van der Waals surface area (Å²) in [5, 5.41) is 0.669. The van der Waals surface area contributed by atoms with Gasteiger partial charge < -0.3 is 4.57 Å². The molecule has 5 heteroatoms. The molecule has 0 bridgehead atoms. The average molecular weight is 318 g/mol. The Balaban J connectivity index is 2.08. The van der Waals surface area contributed by atoms with Gasteiger partial charge in [0.25, 0.3) is 0 Å². The number of rotatable bonds is 3. The largest absolute Gasteiger partial charge is 0.322 e. The predicted octanol–water partition coefficient (Wildman–Crippen LogP) is 4.13. The molecule has 0 saturated carbocycles. The Kier molecular flexibility index (Phi) is 3.95. The summed E-state index contributed by atoms with van der Waals surface area (Å²) in [7, 11) is 1.92. The van der Waals surface area contributed by atoms with E-state index < -0.39 is 0 Å². The molecule has 0 saturated heterocycles. The zero-order valence-electron chi connectivity index (χ0n) is 8.65. The summed E-state index contributed by atoms with van der Waals surface area (Å²) in [6.45, 7) is 0. The van der Waals surface area contributed by atoms with E-state index in [9.17, 15) is 0 Å². The molecule has 1 aromatic heterocycles. The zero-order valence-corrected chi connectivity index (χ0v) is 11.8. The van der Waals surface area contributed by atoms with E-state index in [-0.39, 0.29) is 0 Å². The standard InChI is InChI=1S/C11H10BrClN2S/c1-15-10(13)6-14-11(15)7-16-9-5-3-2-4-8(9)12/h2-6H,7H2,1H3. The third-order valence-corrected chi connectivity index (χ3v) is 4.60. The second kappa shape index (κ2) is 5.25. The minimum absolute atomic E-state index is 0.669. The number of aromatic nitrogens is 2. The molecular formula is C11H10BrClN2S. The van der Waals surface area contributed by atoms with Crippen molar-refractivity contribution < 1.29 is 0 Å². The SMILES string of the molecule is Cn1c(Cl)cnc1CSc1ccccc1Br. The Morgan fingerprint density at radius 3 is 2.81 bits per heavy atom. The lowest BCUT2D eigenvalue weighted by atomic mass is 10.4. The summed E-state index contributed by atoms with van der Waals surface area (Å²) in [5.74, 6) is 1.79. The van der Waals surface area contributed by atoms with Gasteiger partial charge in [0, 0.05) is 16.4 Å². The lowest BCUT2D eigenvalue weighted by Crippen LogP contribution is -1.95. The molecule has 0 unspecified atom stereocenters. The molecule has 0 spiro atoms. The highest BCUT2D eigenvalue weighted by Crippen LogP contribution is 2.29. The van der Waals surface area contributed by atoms with Crippen molar-refractivity contribution in [2.45, 2.75) is 10.6 Å². The second-order valence-corrected chi connectivity index (χ2v) is 5.53. The van der Waals surface area contributed by atoms with Gasteiger partial charge in [-0.1, -0.05) is 23.7 Å². The van der Waals surface area contributed by atoms with Crippen LogP contribution in [-0.4, -0.2) is 9.55 Å². The fourth-order valence-corrected chi connectivity index (χ4v) is 2.97. The van der Waals surface area contributed by atoms with Crippen molar-refractivity contribution in [3.63, 3.8) is 0 Å². The van der Waals surface area contributed by atoms with E-state index in [1.54, 1.807) is 18.0 Å². The molecule has 0 aliphatic carbocycles. The first-order chi connectivity index (χ1) is 7.68. The van der Waals surface area contributed by atoms with Crippen molar-refractivity contribution in [2.24, 2.45) is 7.05 Å². The van der Waals surface area contributed by atoms with Crippen molar-refractivity contribution in [2.75, 3.05) is 0 Å². The molecule has 2 nitrogen and oxygen atoms in total. The maximum Gasteiger partial charge on any atom is 0.128 e. The zero-order chi connectivity index (χ0) is 11.5. The number of hydrogen-bond donors (Lipinski definition) is 0. The number of halogens is 2. The van der Waals surface area contributed by atoms with Crippen LogP contribution in [0.1, 0.15) is 5.82 Å². The fourth-order valence-electron chi connectivity index (χ4n) is 1.26. The van der Waals surface area contributed by atoms with Gasteiger partial charge in [0.15, 0.2) is 0 Å². The van der Waals surface area contributed by atoms with Crippen molar-refractivity contribution in [3.8, 4) is 0 Å². The minimum Gasteiger partial charge on any atom is -0.322 e. The summed E-state index contributed by atoms with van der Waals surface area (Å²) < 4.78 is 3.01. The van der Waals surface area contributed by atoms with Gasteiger partial charge in [-0.25, -0.2) is 4.98 Å². The van der Waals surface area contributed by atoms with Crippen molar-refractivity contribution >= 4 is 39.3 Å². The summed E-state index contributed by atoms with van der Waals surface area (Å²) in [6.07, 6.45) is 1.68. The van der Waals surface area contributed by atoms with E-state index in [4.69, 9.17) is 11.6 Å². The van der Waals surface area contributed by atoms with Crippen LogP contribution < -0.4 is 0 Å². The molecule has 0 amide bonds. The Morgan fingerprint density at radius 1 is 1.44 bits per heavy atom. The monoisotopic (exact) mass is 316 g/mol. The van der Waals surface area contributed by atoms with Gasteiger partial charge in [0.2, 0.25) is 0 Å². The molecule has 2 aromatic rings. The van der Waals surface area contributed by atoms with Gasteiger partial charge in [0.05, 0.1) is 11.9 Å². The van der Waals surface area contributed by atoms with Crippen LogP contribution in [0, 0.1) is 0 Å². The Hall–Kier alpha value is -0.450. The highest BCUT2D eigenvalue weighted by atomic mass is 79.9. The Bertz CT molecular complexity index is 498. The highest BCUT2D eigenvalue weighted by molar-refractivity contribution is 9.10. The lowest BCUT2D eigenvalue weighted by Gasteiger charge is -2.04. The highest BCUT2D eigenvalue weighted by Gasteiger charge is 2.06. The topological polar surface area (TPSA) is 17.8 Å². The molecule has 1 aromatic carbocycles. The molecule has 0 atom stereocenters. The number of imidazole rings is 1. The maximum atomic E-state index is 5.92. The van der Waals surface area contributed by atoms with Crippen LogP contribution in [-0.2, 0) is 12.8 Å². The second-order valence-electron chi connectivity index (χ2n) is 3.28. The Morgan fingerprint density at radius 2 is 2.19 bits per heavy atom. The van der Waals surface area contributed by atoms with Crippen LogP contribution in [0.5, 0.6) is 0 Å². The molecular weight excluding hydrogens is 308 g/mol. The van der Waals surface area contributed by atoms with Crippen LogP contribution >= 0.6 is 39.3 Å². The van der Waals surface area contributed by atoms with Gasteiger partial charge in [-0.15, -0.1) is 11.8 Å². The molecule has 0 N–H and O–H groups in total. The summed E-state index contributed by atoms with van der Waals surface area (Å²) in [4.78, 5) is 5.46. The quantitative estimate of drug-likeness (QED) is 0.792. The van der Waals surface area contributed by atoms with Gasteiger partial charge in [-0.05, 0) is 28.1 Å². The van der Waals surface area contributed by atoms with Crippen LogP contribution in [0.15, 0.2) is 39.8 Å². The van der Waals surface area contributed by atoms with Crippen molar-refractivity contribution in [1.82, 2.24) is 9.55 Å². The van der Waals surface area contributed by atoms with Crippen LogP contribution in [0.25, 0.3) is 0 Å². The molecule has 0 fully saturated rings. The van der Waals surface area contributed by atoms with Gasteiger partial charge >= 0.3 is 0 Å². The minimum atomic E-state index is 0.669. The average Bonchev–Trinajstić information content (AvgIpc) is 2.59. The number of nitrogens with zero attached hydrogens (tertiary/aromatic N) is 2. The third kappa shape index (κ3) is 2.62. The first kappa shape index (κ1) is 12.0. The summed E-state index contributed by atoms with van der Waals surface area (Å²) >= 11 is 11.2. The van der Waals surface area contributed by atoms with Gasteiger partial charge in [-0.2, -0.15) is 0 Å². The van der Waals surface area contributed by atoms with E-state index in [0.717, 1.165) is 16.0 Å². The molecule has 0 radical (unpaired) electrons. The summed E-state index contributed by atoms with van der Waals surface area (Å²) in [6, 6.07) is 8.15. The van der Waals surface area contributed by atoms with Crippen LogP contribution in [0.2, 0.25) is 5.15 Å². The van der Waals surface area contributed by atoms with E-state index in [2.05, 4.69) is 27.0 Å². The number of thioether (sulfide) groups is 1. The van der Waals surface area contributed by atoms with Crippen LogP contribution in [0.4, 0.5) is 0 Å². The Labute approximate surface area is 112 Å². The number of hydrogen-bond acceptors (Lipinski definition) is 2. The first-order valence-corrected chi connectivity index (χ1v) is 6.87. The lowest BCUT2D eigenvalue weighted by molar-refractivity contribution is 0.850.